The van der Waals surface area contributed by atoms with Gasteiger partial charge in [0.25, 0.3) is 5.56 Å². The van der Waals surface area contributed by atoms with Crippen LogP contribution < -0.4 is 21.9 Å². The summed E-state index contributed by atoms with van der Waals surface area (Å²) >= 11 is 0. The van der Waals surface area contributed by atoms with Crippen LogP contribution in [-0.2, 0) is 20.7 Å². The third-order valence-corrected chi connectivity index (χ3v) is 4.76. The number of aromatic amines is 2. The fraction of sp³-hybridized carbons (Fsp3) is 0.421. The van der Waals surface area contributed by atoms with Crippen LogP contribution in [0.2, 0.25) is 0 Å². The van der Waals surface area contributed by atoms with Gasteiger partial charge in [-0.2, -0.15) is 0 Å². The van der Waals surface area contributed by atoms with Crippen molar-refractivity contribution >= 4 is 17.9 Å². The van der Waals surface area contributed by atoms with Crippen molar-refractivity contribution in [1.29, 1.82) is 0 Å². The van der Waals surface area contributed by atoms with Crippen molar-refractivity contribution in [2.45, 2.75) is 31.3 Å². The molecule has 1 saturated heterocycles. The number of hydrogen-bond donors (Lipinski definition) is 6. The van der Waals surface area contributed by atoms with Crippen LogP contribution in [0.5, 0.6) is 0 Å². The normalized spacial score (nSPS) is 20.5. The average Bonchev–Trinajstić information content (AvgIpc) is 3.39. The highest BCUT2D eigenvalue weighted by Crippen LogP contribution is 2.27. The molecule has 0 unspecified atom stereocenters. The predicted octanol–water partition coefficient (Wildman–Crippen LogP) is -2.61. The van der Waals surface area contributed by atoms with Gasteiger partial charge in [0.15, 0.2) is 0 Å². The molecule has 2 amide bonds. The maximum atomic E-state index is 12.1. The van der Waals surface area contributed by atoms with Crippen molar-refractivity contribution in [2.24, 2.45) is 0 Å². The molecule has 0 saturated carbocycles. The van der Waals surface area contributed by atoms with Gasteiger partial charge in [-0.25, -0.2) is 9.78 Å². The van der Waals surface area contributed by atoms with Gasteiger partial charge in [-0.1, -0.05) is 0 Å². The number of rotatable bonds is 9. The number of imidazole rings is 1. The summed E-state index contributed by atoms with van der Waals surface area (Å²) in [6, 6.07) is 0. The van der Waals surface area contributed by atoms with Gasteiger partial charge in [0, 0.05) is 43.7 Å². The SMILES string of the molecule is O=C(C=Cc1cn([C@H]2C[C@@H](O)[C@@H](CO)O2)c(=O)[nH]c1=O)NCCNC(=O)Cc1cnc[nH]1. The Bertz CT molecular complexity index is 1070. The summed E-state index contributed by atoms with van der Waals surface area (Å²) in [4.78, 5) is 56.6. The van der Waals surface area contributed by atoms with E-state index < -0.39 is 42.2 Å². The molecule has 172 valence electrons. The molecule has 1 fully saturated rings. The van der Waals surface area contributed by atoms with Crippen LogP contribution in [0, 0.1) is 0 Å². The summed E-state index contributed by atoms with van der Waals surface area (Å²) in [7, 11) is 0. The Morgan fingerprint density at radius 1 is 1.31 bits per heavy atom. The Morgan fingerprint density at radius 3 is 2.78 bits per heavy atom. The molecule has 3 rings (SSSR count). The number of H-pyrrole nitrogens is 2. The molecule has 1 aliphatic rings. The zero-order chi connectivity index (χ0) is 23.1. The molecule has 13 nitrogen and oxygen atoms in total. The van der Waals surface area contributed by atoms with Gasteiger partial charge in [-0.05, 0) is 6.08 Å². The van der Waals surface area contributed by atoms with Gasteiger partial charge in [0.05, 0.1) is 31.0 Å². The third-order valence-electron chi connectivity index (χ3n) is 4.76. The number of nitrogens with one attached hydrogen (secondary N) is 4. The summed E-state index contributed by atoms with van der Waals surface area (Å²) < 4.78 is 6.52. The number of carbonyl (C=O) groups excluding carboxylic acids is 2. The number of carbonyl (C=O) groups is 2. The van der Waals surface area contributed by atoms with E-state index in [0.29, 0.717) is 5.69 Å². The summed E-state index contributed by atoms with van der Waals surface area (Å²) in [6.45, 7) is -0.0260. The standard InChI is InChI=1S/C19H24N6O7/c26-9-14-13(27)6-17(32-14)25-8-11(18(30)24-19(25)31)1-2-15(28)21-3-4-22-16(29)5-12-7-20-10-23-12/h1-2,7-8,10,13-14,17,26-27H,3-6,9H2,(H,20,23)(H,21,28)(H,22,29)(H,24,30,31)/t13-,14-,17-/m1/s1. The minimum absolute atomic E-state index is 0.0261. The fourth-order valence-electron chi connectivity index (χ4n) is 3.11. The van der Waals surface area contributed by atoms with Gasteiger partial charge in [0.1, 0.15) is 12.3 Å². The van der Waals surface area contributed by atoms with Gasteiger partial charge >= 0.3 is 5.69 Å². The molecule has 0 aliphatic carbocycles. The number of amides is 2. The lowest BCUT2D eigenvalue weighted by atomic mass is 10.2. The zero-order valence-electron chi connectivity index (χ0n) is 17.0. The second kappa shape index (κ2) is 10.7. The molecule has 6 N–H and O–H groups in total. The molecular weight excluding hydrogens is 424 g/mol. The van der Waals surface area contributed by atoms with E-state index in [1.54, 1.807) is 6.20 Å². The Morgan fingerprint density at radius 2 is 2.09 bits per heavy atom. The van der Waals surface area contributed by atoms with Gasteiger partial charge in [0.2, 0.25) is 11.8 Å². The highest BCUT2D eigenvalue weighted by atomic mass is 16.5. The first-order valence-corrected chi connectivity index (χ1v) is 9.87. The Kier molecular flexibility index (Phi) is 7.70. The van der Waals surface area contributed by atoms with Crippen LogP contribution in [0.25, 0.3) is 6.08 Å². The second-order valence-electron chi connectivity index (χ2n) is 7.09. The average molecular weight is 448 g/mol. The van der Waals surface area contributed by atoms with Crippen molar-refractivity contribution in [3.63, 3.8) is 0 Å². The summed E-state index contributed by atoms with van der Waals surface area (Å²) in [5.41, 5.74) is -0.736. The van der Waals surface area contributed by atoms with E-state index in [1.807, 2.05) is 0 Å². The maximum absolute atomic E-state index is 12.1. The summed E-state index contributed by atoms with van der Waals surface area (Å²) in [6.07, 6.45) is 4.15. The number of ether oxygens (including phenoxy) is 1. The maximum Gasteiger partial charge on any atom is 0.330 e. The first-order valence-electron chi connectivity index (χ1n) is 9.87. The van der Waals surface area contributed by atoms with Gasteiger partial charge < -0.3 is 30.6 Å². The van der Waals surface area contributed by atoms with Crippen LogP contribution >= 0.6 is 0 Å². The van der Waals surface area contributed by atoms with Crippen molar-refractivity contribution < 1.29 is 24.5 Å². The third kappa shape index (κ3) is 6.00. The van der Waals surface area contributed by atoms with Crippen molar-refractivity contribution in [3.8, 4) is 0 Å². The minimum Gasteiger partial charge on any atom is -0.394 e. The molecule has 3 atom stereocenters. The Labute approximate surface area is 181 Å². The Hall–Kier alpha value is -3.55. The highest BCUT2D eigenvalue weighted by Gasteiger charge is 2.35. The van der Waals surface area contributed by atoms with E-state index in [9.17, 15) is 29.4 Å². The lowest BCUT2D eigenvalue weighted by Gasteiger charge is -2.14. The summed E-state index contributed by atoms with van der Waals surface area (Å²) in [5, 5.41) is 24.2. The smallest absolute Gasteiger partial charge is 0.330 e. The first kappa shape index (κ1) is 23.1. The number of aliphatic hydroxyl groups is 2. The molecule has 32 heavy (non-hydrogen) atoms. The number of aromatic nitrogens is 4. The van der Waals surface area contributed by atoms with Crippen LogP contribution in [0.1, 0.15) is 23.9 Å². The lowest BCUT2D eigenvalue weighted by molar-refractivity contribution is -0.121. The van der Waals surface area contributed by atoms with E-state index in [2.05, 4.69) is 25.6 Å². The first-order chi connectivity index (χ1) is 15.4. The highest BCUT2D eigenvalue weighted by molar-refractivity contribution is 5.91. The number of hydrogen-bond acceptors (Lipinski definition) is 8. The molecule has 13 heteroatoms. The number of aliphatic hydroxyl groups excluding tert-OH is 2. The van der Waals surface area contributed by atoms with Crippen molar-refractivity contribution in [1.82, 2.24) is 30.2 Å². The van der Waals surface area contributed by atoms with Crippen molar-refractivity contribution in [3.05, 3.63) is 56.9 Å². The fourth-order valence-corrected chi connectivity index (χ4v) is 3.11. The van der Waals surface area contributed by atoms with E-state index in [0.717, 1.165) is 10.6 Å². The van der Waals surface area contributed by atoms with E-state index >= 15 is 0 Å². The van der Waals surface area contributed by atoms with Crippen LogP contribution in [-0.4, -0.2) is 73.5 Å². The van der Waals surface area contributed by atoms with Crippen LogP contribution in [0.15, 0.2) is 34.4 Å². The minimum atomic E-state index is -0.950. The van der Waals surface area contributed by atoms with E-state index in [1.165, 1.54) is 18.6 Å². The summed E-state index contributed by atoms with van der Waals surface area (Å²) in [5.74, 6) is -0.728. The molecular formula is C19H24N6O7. The van der Waals surface area contributed by atoms with Crippen LogP contribution in [0.3, 0.4) is 0 Å². The molecule has 3 heterocycles. The molecule has 2 aromatic heterocycles. The van der Waals surface area contributed by atoms with E-state index in [-0.39, 0.29) is 37.4 Å². The lowest BCUT2D eigenvalue weighted by Crippen LogP contribution is -2.35. The zero-order valence-corrected chi connectivity index (χ0v) is 17.0. The van der Waals surface area contributed by atoms with Crippen molar-refractivity contribution in [2.75, 3.05) is 19.7 Å². The number of nitrogens with zero attached hydrogens (tertiary/aromatic N) is 2. The Balaban J connectivity index is 1.52. The molecule has 0 bridgehead atoms. The van der Waals surface area contributed by atoms with E-state index in [4.69, 9.17) is 4.74 Å². The molecule has 0 aromatic carbocycles. The second-order valence-corrected chi connectivity index (χ2v) is 7.09. The predicted molar refractivity (Wildman–Crippen MR) is 110 cm³/mol. The topological polar surface area (TPSA) is 191 Å². The molecule has 0 radical (unpaired) electrons. The monoisotopic (exact) mass is 448 g/mol. The molecule has 1 aliphatic heterocycles. The quantitative estimate of drug-likeness (QED) is 0.177. The largest absolute Gasteiger partial charge is 0.394 e. The van der Waals surface area contributed by atoms with Crippen LogP contribution in [0.4, 0.5) is 0 Å². The van der Waals surface area contributed by atoms with Gasteiger partial charge in [-0.15, -0.1) is 0 Å². The molecule has 2 aromatic rings. The van der Waals surface area contributed by atoms with Gasteiger partial charge in [-0.3, -0.25) is 23.9 Å². The molecule has 0 spiro atoms.